The minimum Gasteiger partial charge on any atom is -0.490 e. The number of allylic oxidation sites excluding steroid dienone is 1. The highest BCUT2D eigenvalue weighted by molar-refractivity contribution is 9.09. The Labute approximate surface area is 131 Å². The van der Waals surface area contributed by atoms with Crippen LogP contribution in [0.1, 0.15) is 51.5 Å². The average Bonchev–Trinajstić information content (AvgIpc) is 2.46. The van der Waals surface area contributed by atoms with Gasteiger partial charge in [0.05, 0.1) is 6.10 Å². The van der Waals surface area contributed by atoms with Crippen LogP contribution in [0.4, 0.5) is 0 Å². The van der Waals surface area contributed by atoms with Crippen molar-refractivity contribution in [1.29, 1.82) is 0 Å². The van der Waals surface area contributed by atoms with Crippen molar-refractivity contribution in [2.45, 2.75) is 52.1 Å². The van der Waals surface area contributed by atoms with Crippen LogP contribution < -0.4 is 4.74 Å². The monoisotopic (exact) mass is 336 g/mol. The summed E-state index contributed by atoms with van der Waals surface area (Å²) in [7, 11) is 0. The Morgan fingerprint density at radius 1 is 1.25 bits per heavy atom. The second kappa shape index (κ2) is 7.87. The molecule has 0 heterocycles. The van der Waals surface area contributed by atoms with E-state index in [2.05, 4.69) is 54.1 Å². The lowest BCUT2D eigenvalue weighted by molar-refractivity contribution is 0.242. The smallest absolute Gasteiger partial charge is 0.126 e. The minimum atomic E-state index is 0.214. The van der Waals surface area contributed by atoms with E-state index in [1.807, 2.05) is 6.07 Å². The van der Waals surface area contributed by atoms with E-state index in [1.54, 1.807) is 0 Å². The first-order chi connectivity index (χ1) is 9.70. The van der Waals surface area contributed by atoms with Gasteiger partial charge in [-0.05, 0) is 38.7 Å². The van der Waals surface area contributed by atoms with Gasteiger partial charge in [-0.15, -0.1) is 0 Å². The Balaban J connectivity index is 2.22. The van der Waals surface area contributed by atoms with E-state index in [1.165, 1.54) is 43.2 Å². The molecule has 1 aromatic carbocycles. The lowest BCUT2D eigenvalue weighted by atomic mass is 9.84. The van der Waals surface area contributed by atoms with Gasteiger partial charge in [0.1, 0.15) is 5.75 Å². The van der Waals surface area contributed by atoms with Crippen molar-refractivity contribution in [3.8, 4) is 5.75 Å². The molecule has 2 rings (SSSR count). The standard InChI is InChI=1S/C18H25BrO/c1-14(2)20-18-11-7-6-10-16(18)12-17(13-19)15-8-4-3-5-9-15/h6-7,10-12,14-15H,3-5,8-9,13H2,1-2H3/b17-12-. The molecular weight excluding hydrogens is 312 g/mol. The lowest BCUT2D eigenvalue weighted by Gasteiger charge is -2.24. The molecule has 0 aliphatic heterocycles. The second-order valence-electron chi connectivity index (χ2n) is 5.89. The number of hydrogen-bond acceptors (Lipinski definition) is 1. The number of ether oxygens (including phenoxy) is 1. The third-order valence-corrected chi connectivity index (χ3v) is 4.55. The largest absolute Gasteiger partial charge is 0.490 e. The fourth-order valence-corrected chi connectivity index (χ4v) is 3.52. The van der Waals surface area contributed by atoms with Crippen LogP contribution in [0.5, 0.6) is 5.75 Å². The summed E-state index contributed by atoms with van der Waals surface area (Å²) in [5, 5.41) is 0.966. The van der Waals surface area contributed by atoms with Gasteiger partial charge in [0.25, 0.3) is 0 Å². The molecule has 1 fully saturated rings. The molecule has 0 unspecified atom stereocenters. The minimum absolute atomic E-state index is 0.214. The molecule has 2 heteroatoms. The number of benzene rings is 1. The Bertz CT molecular complexity index is 444. The van der Waals surface area contributed by atoms with Gasteiger partial charge in [-0.3, -0.25) is 0 Å². The highest BCUT2D eigenvalue weighted by Gasteiger charge is 2.17. The zero-order valence-electron chi connectivity index (χ0n) is 12.6. The summed E-state index contributed by atoms with van der Waals surface area (Å²) >= 11 is 3.68. The molecule has 0 bridgehead atoms. The molecule has 0 spiro atoms. The molecule has 1 aliphatic carbocycles. The molecule has 1 nitrogen and oxygen atoms in total. The molecule has 0 radical (unpaired) electrons. The number of halogens is 1. The van der Waals surface area contributed by atoms with E-state index in [9.17, 15) is 0 Å². The fraction of sp³-hybridized carbons (Fsp3) is 0.556. The van der Waals surface area contributed by atoms with Gasteiger partial charge >= 0.3 is 0 Å². The van der Waals surface area contributed by atoms with E-state index < -0.39 is 0 Å². The van der Waals surface area contributed by atoms with Gasteiger partial charge < -0.3 is 4.74 Å². The summed E-state index contributed by atoms with van der Waals surface area (Å²) in [6, 6.07) is 8.36. The van der Waals surface area contributed by atoms with Crippen LogP contribution in [-0.4, -0.2) is 11.4 Å². The Morgan fingerprint density at radius 3 is 2.60 bits per heavy atom. The highest BCUT2D eigenvalue weighted by Crippen LogP contribution is 2.33. The van der Waals surface area contributed by atoms with Crippen molar-refractivity contribution >= 4 is 22.0 Å². The third-order valence-electron chi connectivity index (χ3n) is 3.91. The van der Waals surface area contributed by atoms with Crippen molar-refractivity contribution in [3.05, 3.63) is 35.4 Å². The summed E-state index contributed by atoms with van der Waals surface area (Å²) in [6.45, 7) is 4.15. The zero-order chi connectivity index (χ0) is 14.4. The molecule has 0 N–H and O–H groups in total. The Morgan fingerprint density at radius 2 is 1.95 bits per heavy atom. The van der Waals surface area contributed by atoms with E-state index in [4.69, 9.17) is 4.74 Å². The van der Waals surface area contributed by atoms with E-state index in [-0.39, 0.29) is 6.10 Å². The topological polar surface area (TPSA) is 9.23 Å². The first-order valence-electron chi connectivity index (χ1n) is 7.73. The molecular formula is C18H25BrO. The van der Waals surface area contributed by atoms with E-state index in [0.29, 0.717) is 0 Å². The SMILES string of the molecule is CC(C)Oc1ccccc1/C=C(/CBr)C1CCCCC1. The quantitative estimate of drug-likeness (QED) is 0.614. The van der Waals surface area contributed by atoms with Crippen LogP contribution in [0.15, 0.2) is 29.8 Å². The van der Waals surface area contributed by atoms with Crippen LogP contribution in [0.25, 0.3) is 6.08 Å². The Kier molecular flexibility index (Phi) is 6.15. The van der Waals surface area contributed by atoms with Crippen LogP contribution in [0.2, 0.25) is 0 Å². The van der Waals surface area contributed by atoms with Crippen LogP contribution in [0.3, 0.4) is 0 Å². The molecule has 0 amide bonds. The Hall–Kier alpha value is -0.760. The van der Waals surface area contributed by atoms with E-state index in [0.717, 1.165) is 17.0 Å². The van der Waals surface area contributed by atoms with Crippen LogP contribution >= 0.6 is 15.9 Å². The van der Waals surface area contributed by atoms with E-state index >= 15 is 0 Å². The first kappa shape index (κ1) is 15.6. The zero-order valence-corrected chi connectivity index (χ0v) is 14.2. The normalized spacial score (nSPS) is 17.5. The average molecular weight is 337 g/mol. The number of para-hydroxylation sites is 1. The molecule has 110 valence electrons. The molecule has 0 saturated heterocycles. The van der Waals surface area contributed by atoms with Gasteiger partial charge in [0.15, 0.2) is 0 Å². The van der Waals surface area contributed by atoms with Crippen molar-refractivity contribution in [2.24, 2.45) is 5.92 Å². The van der Waals surface area contributed by atoms with Crippen LogP contribution in [-0.2, 0) is 0 Å². The predicted molar refractivity (Wildman–Crippen MR) is 90.6 cm³/mol. The summed E-state index contributed by atoms with van der Waals surface area (Å²) in [5.41, 5.74) is 2.73. The summed E-state index contributed by atoms with van der Waals surface area (Å²) in [4.78, 5) is 0. The second-order valence-corrected chi connectivity index (χ2v) is 6.45. The molecule has 20 heavy (non-hydrogen) atoms. The number of hydrogen-bond donors (Lipinski definition) is 0. The van der Waals surface area contributed by atoms with Crippen LogP contribution in [0, 0.1) is 5.92 Å². The summed E-state index contributed by atoms with van der Waals surface area (Å²) in [5.74, 6) is 1.74. The third kappa shape index (κ3) is 4.37. The maximum Gasteiger partial charge on any atom is 0.126 e. The van der Waals surface area contributed by atoms with Crippen molar-refractivity contribution in [3.63, 3.8) is 0 Å². The molecule has 1 aromatic rings. The van der Waals surface area contributed by atoms with Gasteiger partial charge in [-0.1, -0.05) is 65.0 Å². The lowest BCUT2D eigenvalue weighted by Crippen LogP contribution is -2.10. The van der Waals surface area contributed by atoms with Crippen molar-refractivity contribution in [2.75, 3.05) is 5.33 Å². The fourth-order valence-electron chi connectivity index (χ4n) is 2.90. The summed E-state index contributed by atoms with van der Waals surface area (Å²) in [6.07, 6.45) is 9.38. The predicted octanol–water partition coefficient (Wildman–Crippen LogP) is 5.83. The highest BCUT2D eigenvalue weighted by atomic mass is 79.9. The molecule has 1 saturated carbocycles. The van der Waals surface area contributed by atoms with Crippen molar-refractivity contribution in [1.82, 2.24) is 0 Å². The maximum atomic E-state index is 5.92. The molecule has 0 aromatic heterocycles. The van der Waals surface area contributed by atoms with Gasteiger partial charge in [0.2, 0.25) is 0 Å². The molecule has 1 aliphatic rings. The molecule has 0 atom stereocenters. The van der Waals surface area contributed by atoms with Gasteiger partial charge in [-0.25, -0.2) is 0 Å². The van der Waals surface area contributed by atoms with Gasteiger partial charge in [-0.2, -0.15) is 0 Å². The maximum absolute atomic E-state index is 5.92. The first-order valence-corrected chi connectivity index (χ1v) is 8.85. The van der Waals surface area contributed by atoms with Gasteiger partial charge in [0, 0.05) is 10.9 Å². The summed E-state index contributed by atoms with van der Waals surface area (Å²) < 4.78 is 5.92. The van der Waals surface area contributed by atoms with Crippen molar-refractivity contribution < 1.29 is 4.74 Å². The number of alkyl halides is 1. The number of rotatable bonds is 5.